The van der Waals surface area contributed by atoms with Gasteiger partial charge >= 0.3 is 0 Å². The summed E-state index contributed by atoms with van der Waals surface area (Å²) in [5.74, 6) is 0.131. The molecule has 2 N–H and O–H groups in total. The summed E-state index contributed by atoms with van der Waals surface area (Å²) in [5, 5.41) is 0. The number of carbonyl (C=O) groups excluding carboxylic acids is 1. The minimum absolute atomic E-state index is 0.0278. The maximum absolute atomic E-state index is 12.4. The van der Waals surface area contributed by atoms with E-state index in [0.717, 1.165) is 25.9 Å². The number of hydrogen-bond acceptors (Lipinski definition) is 4. The lowest BCUT2D eigenvalue weighted by Crippen LogP contribution is -2.39. The number of hydrogen-bond donors (Lipinski definition) is 1. The summed E-state index contributed by atoms with van der Waals surface area (Å²) in [5.41, 5.74) is 5.81. The smallest absolute Gasteiger partial charge is 0.229 e. The topological polar surface area (TPSA) is 58.8 Å². The van der Waals surface area contributed by atoms with Crippen molar-refractivity contribution in [3.05, 3.63) is 12.2 Å². The highest BCUT2D eigenvalue weighted by Crippen LogP contribution is 2.19. The van der Waals surface area contributed by atoms with Gasteiger partial charge in [0.2, 0.25) is 5.91 Å². The van der Waals surface area contributed by atoms with Crippen molar-refractivity contribution in [3.8, 4) is 0 Å². The Labute approximate surface area is 116 Å². The molecule has 0 bridgehead atoms. The van der Waals surface area contributed by atoms with Crippen LogP contribution in [0, 0.1) is 5.92 Å². The third kappa shape index (κ3) is 5.72. The van der Waals surface area contributed by atoms with E-state index in [1.165, 1.54) is 0 Å². The third-order valence-electron chi connectivity index (χ3n) is 3.34. The second kappa shape index (κ2) is 8.30. The molecule has 1 amide bonds. The molecular formula is C14H27N3O2. The number of methoxy groups -OCH3 is 1. The summed E-state index contributed by atoms with van der Waals surface area (Å²) in [6.45, 7) is 3.00. The quantitative estimate of drug-likeness (QED) is 0.645. The molecule has 19 heavy (non-hydrogen) atoms. The van der Waals surface area contributed by atoms with E-state index in [1.54, 1.807) is 7.11 Å². The van der Waals surface area contributed by atoms with Crippen LogP contribution in [0.1, 0.15) is 12.8 Å². The second-order valence-electron chi connectivity index (χ2n) is 5.37. The number of amides is 1. The zero-order chi connectivity index (χ0) is 14.3. The molecule has 0 saturated carbocycles. The number of ether oxygens (including phenoxy) is 1. The average molecular weight is 269 g/mol. The molecule has 0 aromatic heterocycles. The van der Waals surface area contributed by atoms with E-state index in [0.29, 0.717) is 13.2 Å². The van der Waals surface area contributed by atoms with E-state index < -0.39 is 0 Å². The van der Waals surface area contributed by atoms with E-state index in [-0.39, 0.29) is 17.9 Å². The summed E-state index contributed by atoms with van der Waals surface area (Å²) in [6, 6.07) is 0.0278. The van der Waals surface area contributed by atoms with Crippen LogP contribution in [0.25, 0.3) is 0 Å². The van der Waals surface area contributed by atoms with Crippen molar-refractivity contribution in [2.75, 3.05) is 47.4 Å². The van der Waals surface area contributed by atoms with Crippen molar-refractivity contribution in [1.29, 1.82) is 0 Å². The summed E-state index contributed by atoms with van der Waals surface area (Å²) >= 11 is 0. The van der Waals surface area contributed by atoms with Crippen LogP contribution in [0.4, 0.5) is 0 Å². The van der Waals surface area contributed by atoms with Crippen molar-refractivity contribution in [1.82, 2.24) is 9.80 Å². The van der Waals surface area contributed by atoms with Crippen molar-refractivity contribution in [2.24, 2.45) is 11.7 Å². The molecule has 1 aliphatic carbocycles. The van der Waals surface area contributed by atoms with E-state index in [9.17, 15) is 4.79 Å². The lowest BCUT2D eigenvalue weighted by atomic mass is 10.1. The van der Waals surface area contributed by atoms with Gasteiger partial charge < -0.3 is 20.3 Å². The van der Waals surface area contributed by atoms with E-state index in [1.807, 2.05) is 31.1 Å². The maximum Gasteiger partial charge on any atom is 0.229 e. The molecule has 0 aromatic rings. The predicted molar refractivity (Wildman–Crippen MR) is 76.8 cm³/mol. The predicted octanol–water partition coefficient (Wildman–Crippen LogP) is 0.317. The molecule has 0 heterocycles. The van der Waals surface area contributed by atoms with Crippen molar-refractivity contribution in [2.45, 2.75) is 18.9 Å². The zero-order valence-electron chi connectivity index (χ0n) is 12.3. The van der Waals surface area contributed by atoms with Gasteiger partial charge in [0.15, 0.2) is 0 Å². The molecule has 0 saturated heterocycles. The fourth-order valence-electron chi connectivity index (χ4n) is 2.26. The molecule has 0 aliphatic heterocycles. The standard InChI is InChI=1S/C14H27N3O2/c1-16(2)7-4-8-17(9-10-19-3)14(18)12-5-6-13(15)11-12/h5-6,12-13H,4,7-11,15H2,1-3H3. The Morgan fingerprint density at radius 2 is 2.05 bits per heavy atom. The molecule has 5 heteroatoms. The highest BCUT2D eigenvalue weighted by molar-refractivity contribution is 5.81. The van der Waals surface area contributed by atoms with Gasteiger partial charge in [-0.2, -0.15) is 0 Å². The van der Waals surface area contributed by atoms with Crippen molar-refractivity contribution >= 4 is 5.91 Å². The largest absolute Gasteiger partial charge is 0.383 e. The van der Waals surface area contributed by atoms with Gasteiger partial charge in [-0.3, -0.25) is 4.79 Å². The van der Waals surface area contributed by atoms with Crippen molar-refractivity contribution < 1.29 is 9.53 Å². The summed E-state index contributed by atoms with van der Waals surface area (Å²) < 4.78 is 5.09. The number of nitrogens with two attached hydrogens (primary N) is 1. The highest BCUT2D eigenvalue weighted by atomic mass is 16.5. The molecule has 2 atom stereocenters. The Hall–Kier alpha value is -0.910. The van der Waals surface area contributed by atoms with Gasteiger partial charge in [0.1, 0.15) is 0 Å². The van der Waals surface area contributed by atoms with Gasteiger partial charge in [-0.15, -0.1) is 0 Å². The third-order valence-corrected chi connectivity index (χ3v) is 3.34. The monoisotopic (exact) mass is 269 g/mol. The molecule has 0 fully saturated rings. The molecule has 1 rings (SSSR count). The van der Waals surface area contributed by atoms with Gasteiger partial charge in [0.25, 0.3) is 0 Å². The molecule has 0 spiro atoms. The zero-order valence-corrected chi connectivity index (χ0v) is 12.3. The summed E-state index contributed by atoms with van der Waals surface area (Å²) in [4.78, 5) is 16.5. The van der Waals surface area contributed by atoms with Gasteiger partial charge in [0.05, 0.1) is 12.5 Å². The summed E-state index contributed by atoms with van der Waals surface area (Å²) in [7, 11) is 5.74. The van der Waals surface area contributed by atoms with Gasteiger partial charge in [-0.05, 0) is 33.5 Å². The van der Waals surface area contributed by atoms with Crippen LogP contribution < -0.4 is 5.73 Å². The van der Waals surface area contributed by atoms with Crippen LogP contribution in [0.2, 0.25) is 0 Å². The van der Waals surface area contributed by atoms with E-state index in [2.05, 4.69) is 4.90 Å². The van der Waals surface area contributed by atoms with E-state index in [4.69, 9.17) is 10.5 Å². The molecule has 1 aliphatic rings. The molecule has 5 nitrogen and oxygen atoms in total. The fourth-order valence-corrected chi connectivity index (χ4v) is 2.26. The lowest BCUT2D eigenvalue weighted by Gasteiger charge is -2.25. The van der Waals surface area contributed by atoms with Gasteiger partial charge in [0, 0.05) is 26.2 Å². The Morgan fingerprint density at radius 1 is 1.32 bits per heavy atom. The number of nitrogens with zero attached hydrogens (tertiary/aromatic N) is 2. The van der Waals surface area contributed by atoms with Gasteiger partial charge in [-0.1, -0.05) is 12.2 Å². The lowest BCUT2D eigenvalue weighted by molar-refractivity contribution is -0.134. The first-order valence-electron chi connectivity index (χ1n) is 6.91. The van der Waals surface area contributed by atoms with Crippen LogP contribution in [-0.2, 0) is 9.53 Å². The molecule has 110 valence electrons. The van der Waals surface area contributed by atoms with Crippen LogP contribution in [-0.4, -0.2) is 69.2 Å². The van der Waals surface area contributed by atoms with Crippen LogP contribution >= 0.6 is 0 Å². The normalized spacial score (nSPS) is 22.2. The fraction of sp³-hybridized carbons (Fsp3) is 0.786. The van der Waals surface area contributed by atoms with Gasteiger partial charge in [-0.25, -0.2) is 0 Å². The van der Waals surface area contributed by atoms with E-state index >= 15 is 0 Å². The van der Waals surface area contributed by atoms with Crippen molar-refractivity contribution in [3.63, 3.8) is 0 Å². The maximum atomic E-state index is 12.4. The highest BCUT2D eigenvalue weighted by Gasteiger charge is 2.26. The molecular weight excluding hydrogens is 242 g/mol. The van der Waals surface area contributed by atoms with Crippen LogP contribution in [0.3, 0.4) is 0 Å². The number of rotatable bonds is 8. The molecule has 2 unspecified atom stereocenters. The minimum Gasteiger partial charge on any atom is -0.383 e. The Bertz CT molecular complexity index is 305. The Balaban J connectivity index is 2.47. The molecule has 0 aromatic carbocycles. The van der Waals surface area contributed by atoms with Crippen LogP contribution in [0.15, 0.2) is 12.2 Å². The Kier molecular flexibility index (Phi) is 7.05. The average Bonchev–Trinajstić information content (AvgIpc) is 2.79. The first-order valence-corrected chi connectivity index (χ1v) is 6.91. The Morgan fingerprint density at radius 3 is 2.58 bits per heavy atom. The number of carbonyl (C=O) groups is 1. The second-order valence-corrected chi connectivity index (χ2v) is 5.37. The first-order chi connectivity index (χ1) is 9.04. The molecule has 0 radical (unpaired) electrons. The SMILES string of the molecule is COCCN(CCCN(C)C)C(=O)C1C=CC(N)C1. The first kappa shape index (κ1) is 16.1. The van der Waals surface area contributed by atoms with Crippen LogP contribution in [0.5, 0.6) is 0 Å². The summed E-state index contributed by atoms with van der Waals surface area (Å²) in [6.07, 6.45) is 5.58. The minimum atomic E-state index is -0.0498.